The number of aromatic amines is 1. The first kappa shape index (κ1) is 19.0. The van der Waals surface area contributed by atoms with Crippen molar-refractivity contribution in [2.75, 3.05) is 11.9 Å². The van der Waals surface area contributed by atoms with Gasteiger partial charge in [0.2, 0.25) is 11.9 Å². The molecule has 0 aliphatic heterocycles. The normalized spacial score (nSPS) is 11.9. The first-order valence-electron chi connectivity index (χ1n) is 7.26. The van der Waals surface area contributed by atoms with Crippen LogP contribution in [0, 0.1) is 0 Å². The highest BCUT2D eigenvalue weighted by molar-refractivity contribution is 5.94. The lowest BCUT2D eigenvalue weighted by Gasteiger charge is -2.08. The van der Waals surface area contributed by atoms with Crippen LogP contribution in [0.2, 0.25) is 0 Å². The summed E-state index contributed by atoms with van der Waals surface area (Å²) in [5.41, 5.74) is 3.92. The van der Waals surface area contributed by atoms with Crippen LogP contribution in [0.1, 0.15) is 23.0 Å². The van der Waals surface area contributed by atoms with E-state index in [0.29, 0.717) is 17.3 Å². The molecule has 0 fully saturated rings. The molecule has 0 saturated carbocycles. The third kappa shape index (κ3) is 5.06. The molecule has 1 aromatic heterocycles. The van der Waals surface area contributed by atoms with E-state index in [1.165, 1.54) is 24.3 Å². The lowest BCUT2D eigenvalue weighted by Crippen LogP contribution is -2.23. The third-order valence-electron chi connectivity index (χ3n) is 2.91. The standard InChI is InChI=1S/C15H14F3N5O3/c1-2-26-12(25)8-3-5-9(6-4-8)20-13(19)23-14-21-10(15(16,17)18)7-11(24)22-14/h3-7H,2H2,1H3,(H4,19,20,21,22,23,24). The van der Waals surface area contributed by atoms with Crippen molar-refractivity contribution in [3.63, 3.8) is 0 Å². The zero-order valence-electron chi connectivity index (χ0n) is 13.4. The molecule has 0 amide bonds. The van der Waals surface area contributed by atoms with E-state index >= 15 is 0 Å². The molecule has 138 valence electrons. The number of hydrogen-bond acceptors (Lipinski definition) is 5. The van der Waals surface area contributed by atoms with E-state index in [4.69, 9.17) is 10.5 Å². The summed E-state index contributed by atoms with van der Waals surface area (Å²) < 4.78 is 42.8. The molecular formula is C15H14F3N5O3. The molecule has 8 nitrogen and oxygen atoms in total. The average molecular weight is 369 g/mol. The van der Waals surface area contributed by atoms with Gasteiger partial charge >= 0.3 is 12.1 Å². The van der Waals surface area contributed by atoms with Crippen molar-refractivity contribution in [2.24, 2.45) is 10.7 Å². The van der Waals surface area contributed by atoms with Gasteiger partial charge in [0, 0.05) is 11.8 Å². The second kappa shape index (κ2) is 7.68. The Morgan fingerprint density at radius 1 is 1.35 bits per heavy atom. The fourth-order valence-corrected chi connectivity index (χ4v) is 1.84. The molecule has 0 spiro atoms. The Morgan fingerprint density at radius 3 is 2.58 bits per heavy atom. The number of benzene rings is 1. The number of esters is 1. The van der Waals surface area contributed by atoms with Gasteiger partial charge in [-0.15, -0.1) is 0 Å². The number of nitrogens with zero attached hydrogens (tertiary/aromatic N) is 2. The van der Waals surface area contributed by atoms with Crippen molar-refractivity contribution in [1.82, 2.24) is 9.97 Å². The van der Waals surface area contributed by atoms with E-state index in [2.05, 4.69) is 15.3 Å². The summed E-state index contributed by atoms with van der Waals surface area (Å²) in [6.07, 6.45) is -4.79. The first-order chi connectivity index (χ1) is 12.2. The molecule has 2 rings (SSSR count). The van der Waals surface area contributed by atoms with Gasteiger partial charge in [0.15, 0.2) is 5.69 Å². The number of carbonyl (C=O) groups excluding carboxylic acids is 1. The zero-order valence-corrected chi connectivity index (χ0v) is 13.4. The van der Waals surface area contributed by atoms with E-state index in [0.717, 1.165) is 0 Å². The number of H-pyrrole nitrogens is 1. The number of guanidine groups is 1. The number of nitrogens with two attached hydrogens (primary N) is 1. The monoisotopic (exact) mass is 369 g/mol. The minimum absolute atomic E-state index is 0.237. The SMILES string of the molecule is CCOC(=O)c1ccc(N/C(N)=N/c2nc(C(F)(F)F)cc(=O)[nH]2)cc1. The highest BCUT2D eigenvalue weighted by Crippen LogP contribution is 2.27. The van der Waals surface area contributed by atoms with Crippen LogP contribution in [-0.2, 0) is 10.9 Å². The Bertz CT molecular complexity index is 875. The lowest BCUT2D eigenvalue weighted by molar-refractivity contribution is -0.141. The van der Waals surface area contributed by atoms with Crippen LogP contribution in [0.3, 0.4) is 0 Å². The minimum Gasteiger partial charge on any atom is -0.462 e. The summed E-state index contributed by atoms with van der Waals surface area (Å²) in [4.78, 5) is 31.7. The number of hydrogen-bond donors (Lipinski definition) is 3. The first-order valence-corrected chi connectivity index (χ1v) is 7.26. The number of rotatable bonds is 4. The predicted molar refractivity (Wildman–Crippen MR) is 87.2 cm³/mol. The largest absolute Gasteiger partial charge is 0.462 e. The van der Waals surface area contributed by atoms with Crippen LogP contribution in [0.4, 0.5) is 24.8 Å². The number of aliphatic imine (C=N–C) groups is 1. The summed E-state index contributed by atoms with van der Waals surface area (Å²) in [5, 5.41) is 2.60. The van der Waals surface area contributed by atoms with E-state index < -0.39 is 29.3 Å². The number of ether oxygens (including phenoxy) is 1. The van der Waals surface area contributed by atoms with Crippen molar-refractivity contribution >= 4 is 23.6 Å². The maximum Gasteiger partial charge on any atom is 0.433 e. The number of anilines is 1. The Kier molecular flexibility index (Phi) is 5.60. The number of carbonyl (C=O) groups is 1. The van der Waals surface area contributed by atoms with Gasteiger partial charge in [-0.2, -0.15) is 18.2 Å². The van der Waals surface area contributed by atoms with Crippen molar-refractivity contribution in [2.45, 2.75) is 13.1 Å². The summed E-state index contributed by atoms with van der Waals surface area (Å²) in [6.45, 7) is 1.91. The zero-order chi connectivity index (χ0) is 19.3. The van der Waals surface area contributed by atoms with Crippen LogP contribution in [-0.4, -0.2) is 28.5 Å². The van der Waals surface area contributed by atoms with E-state index in [9.17, 15) is 22.8 Å². The van der Waals surface area contributed by atoms with E-state index in [1.807, 2.05) is 4.98 Å². The van der Waals surface area contributed by atoms with Crippen molar-refractivity contribution < 1.29 is 22.7 Å². The van der Waals surface area contributed by atoms with Crippen molar-refractivity contribution in [1.29, 1.82) is 0 Å². The van der Waals surface area contributed by atoms with Gasteiger partial charge in [0.05, 0.1) is 12.2 Å². The van der Waals surface area contributed by atoms with Gasteiger partial charge in [0.25, 0.3) is 5.56 Å². The lowest BCUT2D eigenvalue weighted by atomic mass is 10.2. The molecule has 0 saturated heterocycles. The average Bonchev–Trinajstić information content (AvgIpc) is 2.54. The Morgan fingerprint density at radius 2 is 2.00 bits per heavy atom. The Balaban J connectivity index is 2.17. The highest BCUT2D eigenvalue weighted by Gasteiger charge is 2.33. The number of halogens is 3. The van der Waals surface area contributed by atoms with Crippen molar-refractivity contribution in [3.8, 4) is 0 Å². The molecule has 0 atom stereocenters. The van der Waals surface area contributed by atoms with E-state index in [1.54, 1.807) is 6.92 Å². The van der Waals surface area contributed by atoms with Gasteiger partial charge in [-0.05, 0) is 31.2 Å². The molecule has 11 heteroatoms. The van der Waals surface area contributed by atoms with Gasteiger partial charge < -0.3 is 15.8 Å². The van der Waals surface area contributed by atoms with Crippen LogP contribution < -0.4 is 16.6 Å². The number of nitrogens with one attached hydrogen (secondary N) is 2. The fourth-order valence-electron chi connectivity index (χ4n) is 1.84. The second-order valence-electron chi connectivity index (χ2n) is 4.87. The number of aromatic nitrogens is 2. The topological polar surface area (TPSA) is 122 Å². The van der Waals surface area contributed by atoms with Gasteiger partial charge in [0.1, 0.15) is 0 Å². The summed E-state index contributed by atoms with van der Waals surface area (Å²) in [6, 6.07) is 6.25. The molecule has 0 aliphatic rings. The third-order valence-corrected chi connectivity index (χ3v) is 2.91. The summed E-state index contributed by atoms with van der Waals surface area (Å²) in [5.74, 6) is -1.40. The van der Waals surface area contributed by atoms with Crippen LogP contribution >= 0.6 is 0 Å². The maximum atomic E-state index is 12.6. The highest BCUT2D eigenvalue weighted by atomic mass is 19.4. The molecule has 0 unspecified atom stereocenters. The summed E-state index contributed by atoms with van der Waals surface area (Å²) in [7, 11) is 0. The maximum absolute atomic E-state index is 12.6. The minimum atomic E-state index is -4.79. The molecular weight excluding hydrogens is 355 g/mol. The fraction of sp³-hybridized carbons (Fsp3) is 0.200. The molecule has 2 aromatic rings. The molecule has 0 bridgehead atoms. The Labute approximate surface area is 144 Å². The molecule has 26 heavy (non-hydrogen) atoms. The van der Waals surface area contributed by atoms with E-state index in [-0.39, 0.29) is 12.6 Å². The van der Waals surface area contributed by atoms with Crippen molar-refractivity contribution in [3.05, 3.63) is 51.9 Å². The van der Waals surface area contributed by atoms with Gasteiger partial charge in [-0.3, -0.25) is 9.78 Å². The van der Waals surface area contributed by atoms with Gasteiger partial charge in [-0.25, -0.2) is 9.78 Å². The summed E-state index contributed by atoms with van der Waals surface area (Å²) >= 11 is 0. The molecule has 4 N–H and O–H groups in total. The molecule has 1 heterocycles. The second-order valence-corrected chi connectivity index (χ2v) is 4.87. The predicted octanol–water partition coefficient (Wildman–Crippen LogP) is 2.02. The van der Waals surface area contributed by atoms with Gasteiger partial charge in [-0.1, -0.05) is 0 Å². The number of alkyl halides is 3. The van der Waals surface area contributed by atoms with Crippen LogP contribution in [0.5, 0.6) is 0 Å². The Hall–Kier alpha value is -3.37. The molecule has 0 aliphatic carbocycles. The van der Waals surface area contributed by atoms with Crippen LogP contribution in [0.25, 0.3) is 0 Å². The quantitative estimate of drug-likeness (QED) is 0.431. The smallest absolute Gasteiger partial charge is 0.433 e. The van der Waals surface area contributed by atoms with Crippen LogP contribution in [0.15, 0.2) is 40.1 Å². The molecule has 0 radical (unpaired) electrons. The molecule has 1 aromatic carbocycles.